The number of rotatable bonds is 2. The molecule has 0 amide bonds. The van der Waals surface area contributed by atoms with Crippen LogP contribution >= 0.6 is 0 Å². The fourth-order valence-electron chi connectivity index (χ4n) is 2.38. The van der Waals surface area contributed by atoms with Crippen molar-refractivity contribution in [3.63, 3.8) is 0 Å². The third-order valence-electron chi connectivity index (χ3n) is 4.13. The van der Waals surface area contributed by atoms with Crippen molar-refractivity contribution in [1.29, 1.82) is 0 Å². The second-order valence-electron chi connectivity index (χ2n) is 7.06. The second kappa shape index (κ2) is 11.8. The lowest BCUT2D eigenvalue weighted by molar-refractivity contribution is 0.483. The van der Waals surface area contributed by atoms with Gasteiger partial charge in [-0.05, 0) is 74.5 Å². The van der Waals surface area contributed by atoms with Crippen molar-refractivity contribution < 1.29 is 4.74 Å². The van der Waals surface area contributed by atoms with Crippen molar-refractivity contribution in [2.24, 2.45) is 0 Å². The second-order valence-corrected chi connectivity index (χ2v) is 7.06. The van der Waals surface area contributed by atoms with Crippen molar-refractivity contribution in [1.82, 2.24) is 0 Å². The summed E-state index contributed by atoms with van der Waals surface area (Å²) in [6.45, 7) is 4.19. The standard InChI is InChI=1S/C12H12N2O.C8H10.C6H8N2/c13-9-4-6-11(7-5-9)15-12-3-1-2-10(14)8-12;1-7-3-5-8(2)6-4-7;7-5-1-2-6(8)4-3-5/h1-8H,13-14H2;3-6H,1-2H3;1-4H,7-8H2. The molecule has 5 heteroatoms. The maximum atomic E-state index is 5.64. The molecule has 0 fully saturated rings. The molecule has 0 aromatic heterocycles. The van der Waals surface area contributed by atoms with Gasteiger partial charge in [-0.25, -0.2) is 0 Å². The smallest absolute Gasteiger partial charge is 0.129 e. The van der Waals surface area contributed by atoms with Crippen LogP contribution in [-0.4, -0.2) is 0 Å². The zero-order valence-electron chi connectivity index (χ0n) is 18.0. The molecule has 0 unspecified atom stereocenters. The topological polar surface area (TPSA) is 113 Å². The lowest BCUT2D eigenvalue weighted by Crippen LogP contribution is -1.88. The van der Waals surface area contributed by atoms with Gasteiger partial charge in [-0.15, -0.1) is 0 Å². The van der Waals surface area contributed by atoms with Crippen molar-refractivity contribution in [2.75, 3.05) is 22.9 Å². The van der Waals surface area contributed by atoms with Crippen molar-refractivity contribution in [3.05, 3.63) is 108 Å². The molecule has 0 saturated heterocycles. The van der Waals surface area contributed by atoms with Crippen LogP contribution in [0.15, 0.2) is 97.1 Å². The van der Waals surface area contributed by atoms with E-state index in [4.69, 9.17) is 27.7 Å². The van der Waals surface area contributed by atoms with Gasteiger partial charge in [-0.1, -0.05) is 41.5 Å². The van der Waals surface area contributed by atoms with E-state index in [1.54, 1.807) is 42.5 Å². The molecule has 0 aliphatic heterocycles. The predicted molar refractivity (Wildman–Crippen MR) is 133 cm³/mol. The Morgan fingerprint density at radius 1 is 0.452 bits per heavy atom. The van der Waals surface area contributed by atoms with Gasteiger partial charge < -0.3 is 27.7 Å². The Labute approximate surface area is 184 Å². The molecule has 4 rings (SSSR count). The van der Waals surface area contributed by atoms with Gasteiger partial charge in [0.2, 0.25) is 0 Å². The van der Waals surface area contributed by atoms with Gasteiger partial charge in [0.15, 0.2) is 0 Å². The normalized spacial score (nSPS) is 9.48. The highest BCUT2D eigenvalue weighted by atomic mass is 16.5. The summed E-state index contributed by atoms with van der Waals surface area (Å²) in [5.74, 6) is 1.47. The lowest BCUT2D eigenvalue weighted by atomic mass is 10.2. The minimum absolute atomic E-state index is 0.683. The Kier molecular flexibility index (Phi) is 8.80. The first-order valence-electron chi connectivity index (χ1n) is 9.85. The molecule has 0 aliphatic carbocycles. The van der Waals surface area contributed by atoms with Crippen LogP contribution in [0.4, 0.5) is 22.7 Å². The van der Waals surface area contributed by atoms with Crippen LogP contribution in [0.5, 0.6) is 11.5 Å². The molecular formula is C26H30N4O. The van der Waals surface area contributed by atoms with Crippen LogP contribution in [0.25, 0.3) is 0 Å². The number of hydrogen-bond donors (Lipinski definition) is 4. The van der Waals surface area contributed by atoms with Crippen molar-refractivity contribution >= 4 is 22.7 Å². The summed E-state index contributed by atoms with van der Waals surface area (Å²) in [6, 6.07) is 30.1. The third kappa shape index (κ3) is 9.28. The number of aryl methyl sites for hydroxylation is 2. The molecule has 0 radical (unpaired) electrons. The average Bonchev–Trinajstić information content (AvgIpc) is 2.75. The molecule has 160 valence electrons. The van der Waals surface area contributed by atoms with Gasteiger partial charge >= 0.3 is 0 Å². The van der Waals surface area contributed by atoms with Crippen LogP contribution in [0.1, 0.15) is 11.1 Å². The summed E-state index contributed by atoms with van der Waals surface area (Å²) in [4.78, 5) is 0. The molecule has 0 atom stereocenters. The van der Waals surface area contributed by atoms with Crippen LogP contribution in [0.3, 0.4) is 0 Å². The molecule has 31 heavy (non-hydrogen) atoms. The number of hydrogen-bond acceptors (Lipinski definition) is 5. The van der Waals surface area contributed by atoms with Gasteiger partial charge in [0.25, 0.3) is 0 Å². The largest absolute Gasteiger partial charge is 0.457 e. The summed E-state index contributed by atoms with van der Waals surface area (Å²) in [5, 5.41) is 0. The molecule has 5 nitrogen and oxygen atoms in total. The third-order valence-corrected chi connectivity index (χ3v) is 4.13. The van der Waals surface area contributed by atoms with E-state index in [1.807, 2.05) is 30.3 Å². The Morgan fingerprint density at radius 2 is 0.871 bits per heavy atom. The highest BCUT2D eigenvalue weighted by molar-refractivity contribution is 5.48. The summed E-state index contributed by atoms with van der Waals surface area (Å²) in [6.07, 6.45) is 0. The SMILES string of the molecule is Cc1ccc(C)cc1.Nc1ccc(N)cc1.Nc1ccc(Oc2cccc(N)c2)cc1. The summed E-state index contributed by atoms with van der Waals surface area (Å²) in [5.41, 5.74) is 27.5. The first kappa shape index (κ1) is 23.2. The fraction of sp³-hybridized carbons (Fsp3) is 0.0769. The molecular weight excluding hydrogens is 384 g/mol. The number of benzene rings is 4. The van der Waals surface area contributed by atoms with Crippen LogP contribution in [0, 0.1) is 13.8 Å². The van der Waals surface area contributed by atoms with Crippen LogP contribution < -0.4 is 27.7 Å². The van der Waals surface area contributed by atoms with Crippen molar-refractivity contribution in [3.8, 4) is 11.5 Å². The highest BCUT2D eigenvalue weighted by Crippen LogP contribution is 2.23. The summed E-state index contributed by atoms with van der Waals surface area (Å²) < 4.78 is 5.58. The highest BCUT2D eigenvalue weighted by Gasteiger charge is 1.96. The Hall–Kier alpha value is -4.12. The quantitative estimate of drug-likeness (QED) is 0.310. The molecule has 0 spiro atoms. The number of nitrogens with two attached hydrogens (primary N) is 4. The van der Waals surface area contributed by atoms with E-state index in [9.17, 15) is 0 Å². The van der Waals surface area contributed by atoms with Gasteiger partial charge in [0, 0.05) is 28.8 Å². The van der Waals surface area contributed by atoms with E-state index >= 15 is 0 Å². The molecule has 4 aromatic carbocycles. The minimum Gasteiger partial charge on any atom is -0.457 e. The van der Waals surface area contributed by atoms with Gasteiger partial charge in [0.05, 0.1) is 0 Å². The van der Waals surface area contributed by atoms with E-state index in [2.05, 4.69) is 38.1 Å². The van der Waals surface area contributed by atoms with Gasteiger partial charge in [0.1, 0.15) is 11.5 Å². The molecule has 0 bridgehead atoms. The fourth-order valence-corrected chi connectivity index (χ4v) is 2.38. The summed E-state index contributed by atoms with van der Waals surface area (Å²) in [7, 11) is 0. The van der Waals surface area contributed by atoms with E-state index in [-0.39, 0.29) is 0 Å². The predicted octanol–water partition coefficient (Wildman–Crippen LogP) is 5.80. The Morgan fingerprint density at radius 3 is 1.29 bits per heavy atom. The van der Waals surface area contributed by atoms with E-state index in [0.717, 1.165) is 28.6 Å². The zero-order chi connectivity index (χ0) is 22.6. The monoisotopic (exact) mass is 414 g/mol. The molecule has 8 N–H and O–H groups in total. The van der Waals surface area contributed by atoms with Gasteiger partial charge in [-0.2, -0.15) is 0 Å². The summed E-state index contributed by atoms with van der Waals surface area (Å²) >= 11 is 0. The van der Waals surface area contributed by atoms with E-state index in [1.165, 1.54) is 11.1 Å². The Balaban J connectivity index is 0.000000181. The maximum Gasteiger partial charge on any atom is 0.129 e. The first-order chi connectivity index (χ1) is 14.8. The van der Waals surface area contributed by atoms with Crippen LogP contribution in [-0.2, 0) is 0 Å². The average molecular weight is 415 g/mol. The van der Waals surface area contributed by atoms with Crippen molar-refractivity contribution in [2.45, 2.75) is 13.8 Å². The number of nitrogen functional groups attached to an aromatic ring is 4. The number of ether oxygens (including phenoxy) is 1. The first-order valence-corrected chi connectivity index (χ1v) is 9.85. The molecule has 4 aromatic rings. The minimum atomic E-state index is 0.683. The van der Waals surface area contributed by atoms with E-state index in [0.29, 0.717) is 5.69 Å². The molecule has 0 heterocycles. The van der Waals surface area contributed by atoms with Crippen LogP contribution in [0.2, 0.25) is 0 Å². The molecule has 0 saturated carbocycles. The molecule has 0 aliphatic rings. The number of anilines is 4. The maximum absolute atomic E-state index is 5.64. The Bertz CT molecular complexity index is 958. The lowest BCUT2D eigenvalue weighted by Gasteiger charge is -2.06. The van der Waals surface area contributed by atoms with Gasteiger partial charge in [-0.3, -0.25) is 0 Å². The zero-order valence-corrected chi connectivity index (χ0v) is 18.0. The van der Waals surface area contributed by atoms with E-state index < -0.39 is 0 Å².